The Morgan fingerprint density at radius 1 is 0.913 bits per heavy atom. The minimum absolute atomic E-state index is 0.178. The Hall–Kier alpha value is -1.51. The Morgan fingerprint density at radius 2 is 1.43 bits per heavy atom. The van der Waals surface area contributed by atoms with Gasteiger partial charge in [-0.15, -0.1) is 13.2 Å². The SMILES string of the molecule is OCCN1CCN(CCOc2ccc(OC(F)(F)F)cc2)CC1. The topological polar surface area (TPSA) is 45.2 Å². The van der Waals surface area contributed by atoms with Crippen LogP contribution >= 0.6 is 0 Å². The quantitative estimate of drug-likeness (QED) is 0.820. The van der Waals surface area contributed by atoms with E-state index in [1.807, 2.05) is 0 Å². The second kappa shape index (κ2) is 8.37. The third kappa shape index (κ3) is 6.64. The number of nitrogens with zero attached hydrogens (tertiary/aromatic N) is 2. The van der Waals surface area contributed by atoms with E-state index in [9.17, 15) is 13.2 Å². The van der Waals surface area contributed by atoms with Gasteiger partial charge in [-0.3, -0.25) is 9.80 Å². The first kappa shape index (κ1) is 17.8. The summed E-state index contributed by atoms with van der Waals surface area (Å²) >= 11 is 0. The van der Waals surface area contributed by atoms with Crippen molar-refractivity contribution in [3.8, 4) is 11.5 Å². The van der Waals surface area contributed by atoms with E-state index >= 15 is 0 Å². The highest BCUT2D eigenvalue weighted by Crippen LogP contribution is 2.24. The van der Waals surface area contributed by atoms with Crippen molar-refractivity contribution in [1.29, 1.82) is 0 Å². The summed E-state index contributed by atoms with van der Waals surface area (Å²) in [5.74, 6) is 0.253. The number of aliphatic hydroxyl groups excluding tert-OH is 1. The summed E-state index contributed by atoms with van der Waals surface area (Å²) in [6, 6.07) is 5.38. The fourth-order valence-corrected chi connectivity index (χ4v) is 2.41. The van der Waals surface area contributed by atoms with Crippen LogP contribution in [0.3, 0.4) is 0 Å². The summed E-state index contributed by atoms with van der Waals surface area (Å²) in [6.45, 7) is 5.79. The summed E-state index contributed by atoms with van der Waals surface area (Å²) in [5.41, 5.74) is 0. The highest BCUT2D eigenvalue weighted by atomic mass is 19.4. The van der Waals surface area contributed by atoms with Crippen LogP contribution in [0.1, 0.15) is 0 Å². The average Bonchev–Trinajstić information content (AvgIpc) is 2.50. The van der Waals surface area contributed by atoms with Gasteiger partial charge in [-0.05, 0) is 24.3 Å². The summed E-state index contributed by atoms with van der Waals surface area (Å²) in [6.07, 6.45) is -4.68. The first-order valence-electron chi connectivity index (χ1n) is 7.50. The van der Waals surface area contributed by atoms with E-state index < -0.39 is 6.36 Å². The second-order valence-corrected chi connectivity index (χ2v) is 5.27. The van der Waals surface area contributed by atoms with Crippen molar-refractivity contribution >= 4 is 0 Å². The molecule has 1 saturated heterocycles. The average molecular weight is 334 g/mol. The fourth-order valence-electron chi connectivity index (χ4n) is 2.41. The molecule has 1 aliphatic rings. The molecule has 0 spiro atoms. The molecule has 2 rings (SSSR count). The first-order chi connectivity index (χ1) is 11.0. The maximum Gasteiger partial charge on any atom is 0.573 e. The molecule has 0 amide bonds. The van der Waals surface area contributed by atoms with Gasteiger partial charge in [0, 0.05) is 39.3 Å². The molecule has 130 valence electrons. The van der Waals surface area contributed by atoms with Crippen LogP contribution in [0.2, 0.25) is 0 Å². The molecule has 0 aliphatic carbocycles. The van der Waals surface area contributed by atoms with E-state index in [-0.39, 0.29) is 12.4 Å². The number of ether oxygens (including phenoxy) is 2. The van der Waals surface area contributed by atoms with Gasteiger partial charge < -0.3 is 14.6 Å². The number of benzene rings is 1. The van der Waals surface area contributed by atoms with Gasteiger partial charge >= 0.3 is 6.36 Å². The lowest BCUT2D eigenvalue weighted by atomic mass is 10.3. The molecule has 0 saturated carbocycles. The number of aliphatic hydroxyl groups is 1. The molecule has 1 heterocycles. The standard InChI is InChI=1S/C15H21F3N2O3/c16-15(17,18)23-14-3-1-13(2-4-14)22-12-10-20-7-5-19(6-8-20)9-11-21/h1-4,21H,5-12H2. The Balaban J connectivity index is 1.67. The number of piperazine rings is 1. The normalized spacial score (nSPS) is 17.2. The molecular formula is C15H21F3N2O3. The number of alkyl halides is 3. The zero-order chi connectivity index (χ0) is 16.7. The molecule has 1 aliphatic heterocycles. The van der Waals surface area contributed by atoms with E-state index in [0.717, 1.165) is 32.7 Å². The van der Waals surface area contributed by atoms with Crippen LogP contribution in [0.25, 0.3) is 0 Å². The van der Waals surface area contributed by atoms with Crippen LogP contribution in [-0.4, -0.2) is 73.8 Å². The van der Waals surface area contributed by atoms with Gasteiger partial charge in [0.05, 0.1) is 6.61 Å². The van der Waals surface area contributed by atoms with Gasteiger partial charge in [0.1, 0.15) is 18.1 Å². The van der Waals surface area contributed by atoms with E-state index in [0.29, 0.717) is 18.9 Å². The Labute approximate surface area is 133 Å². The monoisotopic (exact) mass is 334 g/mol. The highest BCUT2D eigenvalue weighted by Gasteiger charge is 2.30. The van der Waals surface area contributed by atoms with Crippen LogP contribution in [-0.2, 0) is 0 Å². The molecule has 1 N–H and O–H groups in total. The Kier molecular flexibility index (Phi) is 6.49. The molecule has 1 fully saturated rings. The van der Waals surface area contributed by atoms with E-state index in [2.05, 4.69) is 14.5 Å². The van der Waals surface area contributed by atoms with Gasteiger partial charge in [0.15, 0.2) is 0 Å². The summed E-state index contributed by atoms with van der Waals surface area (Å²) in [4.78, 5) is 4.46. The van der Waals surface area contributed by atoms with Crippen LogP contribution in [0.15, 0.2) is 24.3 Å². The molecule has 5 nitrogen and oxygen atoms in total. The van der Waals surface area contributed by atoms with Crippen molar-refractivity contribution in [1.82, 2.24) is 9.80 Å². The zero-order valence-electron chi connectivity index (χ0n) is 12.8. The molecule has 23 heavy (non-hydrogen) atoms. The summed E-state index contributed by atoms with van der Waals surface area (Å²) < 4.78 is 45.5. The number of hydrogen-bond donors (Lipinski definition) is 1. The number of halogens is 3. The van der Waals surface area contributed by atoms with E-state index in [1.165, 1.54) is 24.3 Å². The van der Waals surface area contributed by atoms with Crippen LogP contribution < -0.4 is 9.47 Å². The molecule has 0 aromatic heterocycles. The highest BCUT2D eigenvalue weighted by molar-refractivity contribution is 5.31. The third-order valence-corrected chi connectivity index (χ3v) is 3.61. The summed E-state index contributed by atoms with van der Waals surface area (Å²) in [5, 5.41) is 8.89. The van der Waals surface area contributed by atoms with Crippen molar-refractivity contribution in [3.05, 3.63) is 24.3 Å². The first-order valence-corrected chi connectivity index (χ1v) is 7.50. The molecule has 1 aromatic carbocycles. The van der Waals surface area contributed by atoms with Crippen LogP contribution in [0, 0.1) is 0 Å². The zero-order valence-corrected chi connectivity index (χ0v) is 12.8. The lowest BCUT2D eigenvalue weighted by Gasteiger charge is -2.34. The fraction of sp³-hybridized carbons (Fsp3) is 0.600. The molecule has 8 heteroatoms. The number of β-amino-alcohol motifs (C(OH)–C–C–N with tert-alkyl or cyclic N) is 1. The minimum atomic E-state index is -4.68. The molecule has 0 unspecified atom stereocenters. The van der Waals surface area contributed by atoms with Gasteiger partial charge in [-0.2, -0.15) is 0 Å². The number of rotatable bonds is 7. The summed E-state index contributed by atoms with van der Waals surface area (Å²) in [7, 11) is 0. The largest absolute Gasteiger partial charge is 0.573 e. The van der Waals surface area contributed by atoms with Gasteiger partial charge in [0.2, 0.25) is 0 Å². The van der Waals surface area contributed by atoms with Crippen molar-refractivity contribution in [2.24, 2.45) is 0 Å². The minimum Gasteiger partial charge on any atom is -0.492 e. The van der Waals surface area contributed by atoms with Crippen molar-refractivity contribution in [2.45, 2.75) is 6.36 Å². The molecular weight excluding hydrogens is 313 g/mol. The van der Waals surface area contributed by atoms with E-state index in [4.69, 9.17) is 9.84 Å². The van der Waals surface area contributed by atoms with E-state index in [1.54, 1.807) is 0 Å². The van der Waals surface area contributed by atoms with Crippen molar-refractivity contribution in [3.63, 3.8) is 0 Å². The predicted molar refractivity (Wildman–Crippen MR) is 78.6 cm³/mol. The number of hydrogen-bond acceptors (Lipinski definition) is 5. The predicted octanol–water partition coefficient (Wildman–Crippen LogP) is 1.57. The molecule has 1 aromatic rings. The third-order valence-electron chi connectivity index (χ3n) is 3.61. The molecule has 0 radical (unpaired) electrons. The second-order valence-electron chi connectivity index (χ2n) is 5.27. The van der Waals surface area contributed by atoms with Crippen LogP contribution in [0.5, 0.6) is 11.5 Å². The molecule has 0 bridgehead atoms. The maximum absolute atomic E-state index is 12.1. The molecule has 0 atom stereocenters. The van der Waals surface area contributed by atoms with Crippen molar-refractivity contribution < 1.29 is 27.8 Å². The van der Waals surface area contributed by atoms with Crippen LogP contribution in [0.4, 0.5) is 13.2 Å². The maximum atomic E-state index is 12.1. The van der Waals surface area contributed by atoms with Gasteiger partial charge in [0.25, 0.3) is 0 Å². The van der Waals surface area contributed by atoms with Gasteiger partial charge in [-0.1, -0.05) is 0 Å². The Morgan fingerprint density at radius 3 is 1.96 bits per heavy atom. The van der Waals surface area contributed by atoms with Gasteiger partial charge in [-0.25, -0.2) is 0 Å². The smallest absolute Gasteiger partial charge is 0.492 e. The lowest BCUT2D eigenvalue weighted by Crippen LogP contribution is -2.48. The van der Waals surface area contributed by atoms with Crippen molar-refractivity contribution in [2.75, 3.05) is 52.5 Å². The lowest BCUT2D eigenvalue weighted by molar-refractivity contribution is -0.274. The Bertz CT molecular complexity index is 460.